The first-order valence-electron chi connectivity index (χ1n) is 8.37. The Morgan fingerprint density at radius 3 is 2.26 bits per heavy atom. The van der Waals surface area contributed by atoms with Crippen LogP contribution in [0.4, 0.5) is 0 Å². The Hall–Kier alpha value is -2.73. The highest BCUT2D eigenvalue weighted by atomic mass is 31.2. The van der Waals surface area contributed by atoms with Crippen molar-refractivity contribution in [2.24, 2.45) is 5.90 Å². The van der Waals surface area contributed by atoms with Crippen molar-refractivity contribution in [3.8, 4) is 28.6 Å². The molecule has 0 aliphatic rings. The predicted octanol–water partition coefficient (Wildman–Crippen LogP) is 3.29. The van der Waals surface area contributed by atoms with Crippen molar-refractivity contribution in [3.05, 3.63) is 60.2 Å². The van der Waals surface area contributed by atoms with Crippen LogP contribution in [0, 0.1) is 0 Å². The van der Waals surface area contributed by atoms with E-state index in [-0.39, 0.29) is 29.2 Å². The standard InChI is InChI=1S/C19H21N2O5P/c1-2-21-18(23)11-13(19(21)24)12-27(25,26-20)17-10-6-4-8-15(17)14-7-3-5-9-16(14)22/h3-11,22-24H,2,12,20H2,1H3. The van der Waals surface area contributed by atoms with Crippen molar-refractivity contribution in [3.63, 3.8) is 0 Å². The molecular formula is C19H21N2O5P. The molecule has 8 heteroatoms. The Morgan fingerprint density at radius 1 is 1.04 bits per heavy atom. The lowest BCUT2D eigenvalue weighted by atomic mass is 10.0. The quantitative estimate of drug-likeness (QED) is 0.380. The Labute approximate surface area is 156 Å². The summed E-state index contributed by atoms with van der Waals surface area (Å²) < 4.78 is 19.8. The average Bonchev–Trinajstić information content (AvgIpc) is 2.94. The van der Waals surface area contributed by atoms with Crippen molar-refractivity contribution < 1.29 is 24.5 Å². The number of benzene rings is 2. The molecule has 0 spiro atoms. The fraction of sp³-hybridized carbons (Fsp3) is 0.158. The van der Waals surface area contributed by atoms with Crippen LogP contribution in [0.3, 0.4) is 0 Å². The third-order valence-corrected chi connectivity index (χ3v) is 6.67. The van der Waals surface area contributed by atoms with Crippen LogP contribution in [0.2, 0.25) is 0 Å². The average molecular weight is 388 g/mol. The number of hydrogen-bond donors (Lipinski definition) is 4. The molecule has 1 aromatic heterocycles. The summed E-state index contributed by atoms with van der Waals surface area (Å²) in [6.07, 6.45) is -0.208. The molecule has 3 aromatic rings. The highest BCUT2D eigenvalue weighted by Crippen LogP contribution is 2.52. The molecule has 0 bridgehead atoms. The van der Waals surface area contributed by atoms with Gasteiger partial charge >= 0.3 is 0 Å². The van der Waals surface area contributed by atoms with Crippen molar-refractivity contribution >= 4 is 12.7 Å². The number of nitrogens with two attached hydrogens (primary N) is 1. The summed E-state index contributed by atoms with van der Waals surface area (Å²) in [6, 6.07) is 14.8. The molecule has 7 nitrogen and oxygen atoms in total. The first-order chi connectivity index (χ1) is 12.9. The first-order valence-corrected chi connectivity index (χ1v) is 10.2. The van der Waals surface area contributed by atoms with Gasteiger partial charge in [-0.2, -0.15) is 0 Å². The highest BCUT2D eigenvalue weighted by Gasteiger charge is 2.32. The van der Waals surface area contributed by atoms with Crippen molar-refractivity contribution in [2.75, 3.05) is 0 Å². The van der Waals surface area contributed by atoms with Gasteiger partial charge in [0.2, 0.25) is 0 Å². The summed E-state index contributed by atoms with van der Waals surface area (Å²) in [5, 5.41) is 30.7. The molecular weight excluding hydrogens is 367 g/mol. The summed E-state index contributed by atoms with van der Waals surface area (Å²) in [7, 11) is -3.66. The van der Waals surface area contributed by atoms with Gasteiger partial charge in [0.15, 0.2) is 11.8 Å². The number of aromatic hydroxyl groups is 3. The number of hydrogen-bond acceptors (Lipinski definition) is 6. The van der Waals surface area contributed by atoms with Gasteiger partial charge in [0, 0.05) is 29.0 Å². The minimum Gasteiger partial charge on any atom is -0.507 e. The second kappa shape index (κ2) is 7.48. The molecule has 0 radical (unpaired) electrons. The fourth-order valence-electron chi connectivity index (χ4n) is 3.11. The monoisotopic (exact) mass is 388 g/mol. The van der Waals surface area contributed by atoms with Crippen molar-refractivity contribution in [1.82, 2.24) is 4.57 Å². The molecule has 0 saturated heterocycles. The van der Waals surface area contributed by atoms with Gasteiger partial charge in [-0.1, -0.05) is 36.4 Å². The molecule has 142 valence electrons. The molecule has 3 rings (SSSR count). The Bertz CT molecular complexity index is 1020. The van der Waals surface area contributed by atoms with Crippen LogP contribution in [0.1, 0.15) is 12.5 Å². The maximum Gasteiger partial charge on any atom is 0.253 e. The topological polar surface area (TPSA) is 118 Å². The third-order valence-electron chi connectivity index (χ3n) is 4.45. The molecule has 0 aliphatic carbocycles. The van der Waals surface area contributed by atoms with E-state index in [1.54, 1.807) is 49.4 Å². The van der Waals surface area contributed by atoms with Crippen molar-refractivity contribution in [1.29, 1.82) is 0 Å². The molecule has 1 heterocycles. The molecule has 0 saturated carbocycles. The normalized spacial score (nSPS) is 13.4. The van der Waals surface area contributed by atoms with Crippen molar-refractivity contribution in [2.45, 2.75) is 19.6 Å². The third kappa shape index (κ3) is 3.45. The second-order valence-electron chi connectivity index (χ2n) is 6.07. The molecule has 1 atom stereocenters. The van der Waals surface area contributed by atoms with E-state index in [4.69, 9.17) is 10.5 Å². The lowest BCUT2D eigenvalue weighted by Crippen LogP contribution is -2.15. The van der Waals surface area contributed by atoms with Gasteiger partial charge in [-0.3, -0.25) is 9.13 Å². The maximum atomic E-state index is 13.6. The molecule has 0 aliphatic heterocycles. The maximum absolute atomic E-state index is 13.6. The fourth-order valence-corrected chi connectivity index (χ4v) is 5.03. The minimum absolute atomic E-state index is 0.0335. The van der Waals surface area contributed by atoms with Crippen LogP contribution in [0.5, 0.6) is 17.5 Å². The van der Waals surface area contributed by atoms with Crippen LogP contribution in [0.15, 0.2) is 54.6 Å². The Balaban J connectivity index is 2.11. The van der Waals surface area contributed by atoms with Gasteiger partial charge in [0.1, 0.15) is 5.75 Å². The van der Waals surface area contributed by atoms with Gasteiger partial charge in [-0.15, -0.1) is 0 Å². The Kier molecular flexibility index (Phi) is 5.28. The number of phenols is 1. The summed E-state index contributed by atoms with van der Waals surface area (Å²) in [5.74, 6) is 5.13. The molecule has 0 amide bonds. The minimum atomic E-state index is -3.66. The molecule has 27 heavy (non-hydrogen) atoms. The zero-order chi connectivity index (χ0) is 19.6. The van der Waals surface area contributed by atoms with Crippen LogP contribution in [0.25, 0.3) is 11.1 Å². The second-order valence-corrected chi connectivity index (χ2v) is 8.42. The summed E-state index contributed by atoms with van der Waals surface area (Å²) in [4.78, 5) is 0. The molecule has 2 aromatic carbocycles. The van der Waals surface area contributed by atoms with E-state index >= 15 is 0 Å². The van der Waals surface area contributed by atoms with E-state index < -0.39 is 7.37 Å². The highest BCUT2D eigenvalue weighted by molar-refractivity contribution is 7.66. The van der Waals surface area contributed by atoms with E-state index in [9.17, 15) is 19.9 Å². The van der Waals surface area contributed by atoms with E-state index in [0.29, 0.717) is 23.0 Å². The zero-order valence-corrected chi connectivity index (χ0v) is 15.6. The molecule has 5 N–H and O–H groups in total. The Morgan fingerprint density at radius 2 is 1.67 bits per heavy atom. The summed E-state index contributed by atoms with van der Waals surface area (Å²) >= 11 is 0. The predicted molar refractivity (Wildman–Crippen MR) is 103 cm³/mol. The van der Waals surface area contributed by atoms with Crippen LogP contribution < -0.4 is 11.2 Å². The van der Waals surface area contributed by atoms with Gasteiger partial charge in [0.25, 0.3) is 7.37 Å². The van der Waals surface area contributed by atoms with Crippen LogP contribution in [-0.4, -0.2) is 19.9 Å². The van der Waals surface area contributed by atoms with E-state index in [0.717, 1.165) is 0 Å². The van der Waals surface area contributed by atoms with Gasteiger partial charge in [0.05, 0.1) is 6.16 Å². The van der Waals surface area contributed by atoms with E-state index in [1.807, 2.05) is 0 Å². The number of phenolic OH excluding ortho intramolecular Hbond substituents is 1. The van der Waals surface area contributed by atoms with E-state index in [1.165, 1.54) is 16.7 Å². The smallest absolute Gasteiger partial charge is 0.253 e. The van der Waals surface area contributed by atoms with Gasteiger partial charge in [-0.05, 0) is 24.6 Å². The first kappa shape index (κ1) is 19.0. The number of rotatable bonds is 6. The SMILES string of the molecule is CCn1c(O)cc(CP(=O)(ON)c2ccccc2-c2ccccc2O)c1O. The van der Waals surface area contributed by atoms with E-state index in [2.05, 4.69) is 0 Å². The number of aromatic nitrogens is 1. The van der Waals surface area contributed by atoms with Gasteiger partial charge < -0.3 is 15.3 Å². The molecule has 1 unspecified atom stereocenters. The van der Waals surface area contributed by atoms with Crippen LogP contribution in [-0.2, 0) is 21.9 Å². The van der Waals surface area contributed by atoms with Gasteiger partial charge in [-0.25, -0.2) is 10.5 Å². The number of nitrogens with zero attached hydrogens (tertiary/aromatic N) is 1. The number of para-hydroxylation sites is 1. The largest absolute Gasteiger partial charge is 0.507 e. The summed E-state index contributed by atoms with van der Waals surface area (Å²) in [6.45, 7) is 2.11. The summed E-state index contributed by atoms with van der Waals surface area (Å²) in [5.41, 5.74) is 1.27. The molecule has 0 fully saturated rings. The lowest BCUT2D eigenvalue weighted by Gasteiger charge is -2.19. The zero-order valence-electron chi connectivity index (χ0n) is 14.7. The lowest BCUT2D eigenvalue weighted by molar-refractivity contribution is 0.333. The van der Waals surface area contributed by atoms with Crippen LogP contribution >= 0.6 is 7.37 Å².